The van der Waals surface area contributed by atoms with Crippen molar-refractivity contribution in [2.24, 2.45) is 0 Å². The van der Waals surface area contributed by atoms with Crippen molar-refractivity contribution in [3.63, 3.8) is 0 Å². The second-order valence-electron chi connectivity index (χ2n) is 4.61. The standard InChI is InChI=1S/C13H20N2O2S/c16-13(12-9-14-10-18-12)15-7-4-8-17-11-5-2-1-3-6-11/h9-11H,1-8H2,(H,15,16). The number of carbonyl (C=O) groups is 1. The smallest absolute Gasteiger partial charge is 0.262 e. The van der Waals surface area contributed by atoms with Gasteiger partial charge in [-0.15, -0.1) is 11.3 Å². The molecule has 18 heavy (non-hydrogen) atoms. The number of nitrogens with zero attached hydrogens (tertiary/aromatic N) is 1. The molecule has 0 aromatic carbocycles. The minimum Gasteiger partial charge on any atom is -0.378 e. The van der Waals surface area contributed by atoms with Crippen LogP contribution >= 0.6 is 11.3 Å². The zero-order chi connectivity index (χ0) is 12.6. The summed E-state index contributed by atoms with van der Waals surface area (Å²) in [6.07, 6.45) is 9.28. The second-order valence-corrected chi connectivity index (χ2v) is 5.49. The van der Waals surface area contributed by atoms with Gasteiger partial charge in [0, 0.05) is 13.2 Å². The van der Waals surface area contributed by atoms with Crippen LogP contribution < -0.4 is 5.32 Å². The van der Waals surface area contributed by atoms with Crippen molar-refractivity contribution in [3.8, 4) is 0 Å². The van der Waals surface area contributed by atoms with Crippen LogP contribution in [0.15, 0.2) is 11.7 Å². The summed E-state index contributed by atoms with van der Waals surface area (Å²) in [7, 11) is 0. The molecule has 0 bridgehead atoms. The van der Waals surface area contributed by atoms with Crippen LogP contribution in [0.2, 0.25) is 0 Å². The summed E-state index contributed by atoms with van der Waals surface area (Å²) < 4.78 is 5.79. The molecule has 0 unspecified atom stereocenters. The maximum atomic E-state index is 11.6. The average Bonchev–Trinajstić information content (AvgIpc) is 2.93. The molecule has 0 radical (unpaired) electrons. The van der Waals surface area contributed by atoms with Gasteiger partial charge < -0.3 is 10.1 Å². The van der Waals surface area contributed by atoms with E-state index in [0.29, 0.717) is 17.5 Å². The van der Waals surface area contributed by atoms with Crippen LogP contribution in [-0.4, -0.2) is 30.1 Å². The minimum atomic E-state index is -0.0323. The molecule has 1 aromatic rings. The van der Waals surface area contributed by atoms with E-state index in [0.717, 1.165) is 13.0 Å². The molecule has 1 amide bonds. The Balaban J connectivity index is 1.52. The minimum absolute atomic E-state index is 0.0323. The van der Waals surface area contributed by atoms with Gasteiger partial charge in [-0.3, -0.25) is 9.78 Å². The Labute approximate surface area is 112 Å². The van der Waals surface area contributed by atoms with Gasteiger partial charge in [0.1, 0.15) is 4.88 Å². The average molecular weight is 268 g/mol. The van der Waals surface area contributed by atoms with E-state index < -0.39 is 0 Å². The van der Waals surface area contributed by atoms with Crippen molar-refractivity contribution in [1.82, 2.24) is 10.3 Å². The highest BCUT2D eigenvalue weighted by Crippen LogP contribution is 2.20. The van der Waals surface area contributed by atoms with Gasteiger partial charge in [0.25, 0.3) is 5.91 Å². The SMILES string of the molecule is O=C(NCCCOC1CCCCC1)c1cncs1. The molecule has 0 aliphatic heterocycles. The van der Waals surface area contributed by atoms with Gasteiger partial charge in [-0.1, -0.05) is 19.3 Å². The fraction of sp³-hybridized carbons (Fsp3) is 0.692. The lowest BCUT2D eigenvalue weighted by Crippen LogP contribution is -2.25. The summed E-state index contributed by atoms with van der Waals surface area (Å²) >= 11 is 1.36. The first-order valence-electron chi connectivity index (χ1n) is 6.64. The van der Waals surface area contributed by atoms with Crippen molar-refractivity contribution in [2.45, 2.75) is 44.6 Å². The summed E-state index contributed by atoms with van der Waals surface area (Å²) in [6, 6.07) is 0. The lowest BCUT2D eigenvalue weighted by molar-refractivity contribution is 0.0273. The third-order valence-corrected chi connectivity index (χ3v) is 3.94. The molecule has 0 atom stereocenters. The summed E-state index contributed by atoms with van der Waals surface area (Å²) in [5, 5.41) is 2.87. The first-order chi connectivity index (χ1) is 8.86. The molecular formula is C13H20N2O2S. The van der Waals surface area contributed by atoms with E-state index >= 15 is 0 Å². The Morgan fingerprint density at radius 2 is 2.28 bits per heavy atom. The summed E-state index contributed by atoms with van der Waals surface area (Å²) in [6.45, 7) is 1.41. The van der Waals surface area contributed by atoms with E-state index in [1.54, 1.807) is 11.7 Å². The molecule has 1 aliphatic carbocycles. The molecule has 1 aromatic heterocycles. The number of carbonyl (C=O) groups excluding carboxylic acids is 1. The van der Waals surface area contributed by atoms with Crippen molar-refractivity contribution in [3.05, 3.63) is 16.6 Å². The number of thiazole rings is 1. The summed E-state index contributed by atoms with van der Waals surface area (Å²) in [4.78, 5) is 16.1. The molecule has 1 fully saturated rings. The Hall–Kier alpha value is -0.940. The first kappa shape index (κ1) is 13.5. The Bertz CT molecular complexity index is 348. The van der Waals surface area contributed by atoms with Crippen molar-refractivity contribution < 1.29 is 9.53 Å². The van der Waals surface area contributed by atoms with Crippen molar-refractivity contribution in [2.75, 3.05) is 13.2 Å². The predicted molar refractivity (Wildman–Crippen MR) is 71.9 cm³/mol. The number of nitrogens with one attached hydrogen (secondary N) is 1. The Morgan fingerprint density at radius 1 is 1.44 bits per heavy atom. The van der Waals surface area contributed by atoms with Crippen LogP contribution in [0.5, 0.6) is 0 Å². The maximum absolute atomic E-state index is 11.6. The zero-order valence-electron chi connectivity index (χ0n) is 10.6. The third-order valence-electron chi connectivity index (χ3n) is 3.17. The monoisotopic (exact) mass is 268 g/mol. The van der Waals surface area contributed by atoms with Crippen LogP contribution in [-0.2, 0) is 4.74 Å². The normalized spacial score (nSPS) is 16.7. The van der Waals surface area contributed by atoms with Crippen molar-refractivity contribution in [1.29, 1.82) is 0 Å². The van der Waals surface area contributed by atoms with Gasteiger partial charge in [-0.05, 0) is 19.3 Å². The molecule has 1 heterocycles. The van der Waals surface area contributed by atoms with E-state index in [-0.39, 0.29) is 5.91 Å². The molecule has 1 saturated carbocycles. The van der Waals surface area contributed by atoms with Gasteiger partial charge in [-0.25, -0.2) is 0 Å². The highest BCUT2D eigenvalue weighted by molar-refractivity contribution is 7.11. The molecule has 0 spiro atoms. The maximum Gasteiger partial charge on any atom is 0.262 e. The van der Waals surface area contributed by atoms with Crippen LogP contribution in [0.25, 0.3) is 0 Å². The summed E-state index contributed by atoms with van der Waals surface area (Å²) in [5.74, 6) is -0.0323. The Morgan fingerprint density at radius 3 is 3.00 bits per heavy atom. The number of ether oxygens (including phenoxy) is 1. The third kappa shape index (κ3) is 4.38. The van der Waals surface area contributed by atoms with Gasteiger partial charge >= 0.3 is 0 Å². The molecule has 2 rings (SSSR count). The highest BCUT2D eigenvalue weighted by atomic mass is 32.1. The van der Waals surface area contributed by atoms with E-state index in [2.05, 4.69) is 10.3 Å². The molecule has 4 nitrogen and oxygen atoms in total. The zero-order valence-corrected chi connectivity index (χ0v) is 11.4. The van der Waals surface area contributed by atoms with Gasteiger partial charge in [0.05, 0.1) is 17.8 Å². The van der Waals surface area contributed by atoms with E-state index in [1.165, 1.54) is 43.4 Å². The van der Waals surface area contributed by atoms with Gasteiger partial charge in [0.2, 0.25) is 0 Å². The fourth-order valence-corrected chi connectivity index (χ4v) is 2.71. The van der Waals surface area contributed by atoms with Gasteiger partial charge in [0.15, 0.2) is 0 Å². The number of rotatable bonds is 6. The molecule has 1 aliphatic rings. The van der Waals surface area contributed by atoms with E-state index in [1.807, 2.05) is 0 Å². The topological polar surface area (TPSA) is 51.2 Å². The highest BCUT2D eigenvalue weighted by Gasteiger charge is 2.13. The van der Waals surface area contributed by atoms with Crippen molar-refractivity contribution >= 4 is 17.2 Å². The van der Waals surface area contributed by atoms with Crippen LogP contribution in [0.1, 0.15) is 48.2 Å². The second kappa shape index (κ2) is 7.48. The predicted octanol–water partition coefficient (Wildman–Crippen LogP) is 2.61. The molecule has 1 N–H and O–H groups in total. The van der Waals surface area contributed by atoms with E-state index in [4.69, 9.17) is 4.74 Å². The number of hydrogen-bond donors (Lipinski definition) is 1. The lowest BCUT2D eigenvalue weighted by Gasteiger charge is -2.21. The number of amides is 1. The lowest BCUT2D eigenvalue weighted by atomic mass is 9.98. The van der Waals surface area contributed by atoms with E-state index in [9.17, 15) is 4.79 Å². The molecule has 100 valence electrons. The molecular weight excluding hydrogens is 248 g/mol. The first-order valence-corrected chi connectivity index (χ1v) is 7.52. The molecule has 5 heteroatoms. The van der Waals surface area contributed by atoms with Crippen LogP contribution in [0.3, 0.4) is 0 Å². The largest absolute Gasteiger partial charge is 0.378 e. The Kier molecular flexibility index (Phi) is 5.61. The summed E-state index contributed by atoms with van der Waals surface area (Å²) in [5.41, 5.74) is 1.67. The van der Waals surface area contributed by atoms with Gasteiger partial charge in [-0.2, -0.15) is 0 Å². The fourth-order valence-electron chi connectivity index (χ4n) is 2.17. The quantitative estimate of drug-likeness (QED) is 0.807. The molecule has 0 saturated heterocycles. The number of hydrogen-bond acceptors (Lipinski definition) is 4. The number of aromatic nitrogens is 1. The van der Waals surface area contributed by atoms with Crippen LogP contribution in [0.4, 0.5) is 0 Å². The van der Waals surface area contributed by atoms with Crippen LogP contribution in [0, 0.1) is 0 Å².